The molecule has 0 N–H and O–H groups in total. The van der Waals surface area contributed by atoms with Crippen molar-refractivity contribution in [2.75, 3.05) is 13.1 Å². The summed E-state index contributed by atoms with van der Waals surface area (Å²) in [6, 6.07) is 1.19. The van der Waals surface area contributed by atoms with E-state index in [4.69, 9.17) is 30.1 Å². The summed E-state index contributed by atoms with van der Waals surface area (Å²) in [4.78, 5) is 4.53. The zero-order chi connectivity index (χ0) is 12.0. The molecule has 0 aromatic rings. The van der Waals surface area contributed by atoms with Crippen LogP contribution < -0.4 is 0 Å². The van der Waals surface area contributed by atoms with Crippen LogP contribution in [0.2, 0.25) is 0 Å². The van der Waals surface area contributed by atoms with Crippen LogP contribution in [0, 0.1) is 6.67 Å². The highest BCUT2D eigenvalue weighted by Gasteiger charge is 2.24. The number of rotatable bonds is 2. The molecule has 1 rings (SSSR count). The molecule has 0 unspecified atom stereocenters. The Kier molecular flexibility index (Phi) is 9.16. The molecule has 0 atom stereocenters. The fourth-order valence-electron chi connectivity index (χ4n) is 1.23. The maximum absolute atomic E-state index is 4.94. The fourth-order valence-corrected chi connectivity index (χ4v) is 1.23. The first-order valence-electron chi connectivity index (χ1n) is 5.06. The van der Waals surface area contributed by atoms with Crippen LogP contribution in [0.5, 0.6) is 0 Å². The quantitative estimate of drug-likeness (QED) is 0.720. The molecule has 2 nitrogen and oxygen atoms in total. The van der Waals surface area contributed by atoms with Gasteiger partial charge in [0.2, 0.25) is 0 Å². The molecule has 0 saturated carbocycles. The van der Waals surface area contributed by atoms with Crippen molar-refractivity contribution in [2.45, 2.75) is 39.8 Å². The summed E-state index contributed by atoms with van der Waals surface area (Å²) >= 11 is -1.72. The van der Waals surface area contributed by atoms with Crippen molar-refractivity contribution in [1.29, 1.82) is 0 Å². The van der Waals surface area contributed by atoms with Gasteiger partial charge in [0, 0.05) is 25.2 Å². The Morgan fingerprint density at radius 3 is 1.33 bits per heavy atom. The Labute approximate surface area is 110 Å². The van der Waals surface area contributed by atoms with Gasteiger partial charge in [-0.2, -0.15) is 0 Å². The molecule has 1 aliphatic rings. The first-order chi connectivity index (χ1) is 6.84. The molecule has 1 saturated heterocycles. The zero-order valence-corrected chi connectivity index (χ0v) is 13.1. The molecule has 6 heteroatoms. The van der Waals surface area contributed by atoms with E-state index in [2.05, 4.69) is 44.2 Å². The van der Waals surface area contributed by atoms with E-state index >= 15 is 0 Å². The Bertz CT molecular complexity index is 151. The van der Waals surface area contributed by atoms with Gasteiger partial charge in [-0.25, -0.2) is 30.1 Å². The average molecular weight is 288 g/mol. The summed E-state index contributed by atoms with van der Waals surface area (Å²) in [7, 11) is 14.8. The first-order valence-corrected chi connectivity index (χ1v) is 10.3. The lowest BCUT2D eigenvalue weighted by Crippen LogP contribution is -2.28. The van der Waals surface area contributed by atoms with Crippen LogP contribution in [0.15, 0.2) is 0 Å². The lowest BCUT2D eigenvalue weighted by atomic mass is 10.3. The monoisotopic (exact) mass is 286 g/mol. The molecule has 0 spiro atoms. The topological polar surface area (TPSA) is 6.48 Å². The molecule has 0 aromatic carbocycles. The zero-order valence-electron chi connectivity index (χ0n) is 9.67. The third-order valence-corrected chi connectivity index (χ3v) is 2.09. The van der Waals surface area contributed by atoms with E-state index in [0.29, 0.717) is 12.1 Å². The molecule has 0 bridgehead atoms. The second kappa shape index (κ2) is 8.42. The summed E-state index contributed by atoms with van der Waals surface area (Å²) < 4.78 is 0. The highest BCUT2D eigenvalue weighted by atomic mass is 35.8. The number of nitrogens with zero attached hydrogens (tertiary/aromatic N) is 2. The van der Waals surface area contributed by atoms with E-state index in [0.717, 1.165) is 13.1 Å². The van der Waals surface area contributed by atoms with Crippen molar-refractivity contribution in [3.05, 3.63) is 6.67 Å². The Balaban J connectivity index is 0.000000423. The Hall–Kier alpha value is 1.32. The second-order valence-corrected chi connectivity index (χ2v) is 10.4. The van der Waals surface area contributed by atoms with E-state index in [9.17, 15) is 0 Å². The van der Waals surface area contributed by atoms with Crippen molar-refractivity contribution in [2.24, 2.45) is 0 Å². The molecule has 1 aliphatic heterocycles. The van der Waals surface area contributed by atoms with Crippen molar-refractivity contribution in [3.63, 3.8) is 0 Å². The van der Waals surface area contributed by atoms with Gasteiger partial charge < -0.3 is 0 Å². The van der Waals surface area contributed by atoms with Gasteiger partial charge in [-0.3, -0.25) is 9.80 Å². The maximum atomic E-state index is 4.94. The Morgan fingerprint density at radius 1 is 0.933 bits per heavy atom. The Morgan fingerprint density at radius 2 is 1.20 bits per heavy atom. The average Bonchev–Trinajstić information content (AvgIpc) is 2.49. The van der Waals surface area contributed by atoms with Gasteiger partial charge in [0.1, 0.15) is 6.67 Å². The number of halogens is 3. The lowest BCUT2D eigenvalue weighted by Gasteiger charge is -2.21. The summed E-state index contributed by atoms with van der Waals surface area (Å²) in [5.41, 5.74) is 0. The molecule has 2 radical (unpaired) electrons. The van der Waals surface area contributed by atoms with E-state index in [-0.39, 0.29) is 0 Å². The maximum Gasteiger partial charge on any atom is 0.643 e. The van der Waals surface area contributed by atoms with Gasteiger partial charge in [-0.1, -0.05) is 0 Å². The molecular formula is C9H18AlCl3N2. The number of hydrogen-bond acceptors (Lipinski definition) is 2. The molecular weight excluding hydrogens is 269 g/mol. The molecule has 0 amide bonds. The van der Waals surface area contributed by atoms with Gasteiger partial charge >= 0.3 is 11.4 Å². The smallest absolute Gasteiger partial charge is 0.276 e. The normalized spacial score (nSPS) is 18.2. The fraction of sp³-hybridized carbons (Fsp3) is 0.889. The van der Waals surface area contributed by atoms with Crippen LogP contribution in [0.4, 0.5) is 0 Å². The van der Waals surface area contributed by atoms with Gasteiger partial charge in [0.15, 0.2) is 0 Å². The van der Waals surface area contributed by atoms with Crippen LogP contribution in [0.25, 0.3) is 0 Å². The van der Waals surface area contributed by atoms with Gasteiger partial charge in [-0.15, -0.1) is 0 Å². The van der Waals surface area contributed by atoms with E-state index in [1.54, 1.807) is 0 Å². The van der Waals surface area contributed by atoms with Crippen LogP contribution in [0.1, 0.15) is 27.7 Å². The minimum absolute atomic E-state index is 0.596. The molecule has 0 aromatic heterocycles. The number of hydrogen-bond donors (Lipinski definition) is 0. The predicted molar refractivity (Wildman–Crippen MR) is 70.2 cm³/mol. The molecule has 1 heterocycles. The largest absolute Gasteiger partial charge is 0.643 e. The molecule has 88 valence electrons. The minimum Gasteiger partial charge on any atom is -0.276 e. The summed E-state index contributed by atoms with van der Waals surface area (Å²) in [6.45, 7) is 14.4. The highest BCUT2D eigenvalue weighted by molar-refractivity contribution is 7.54. The van der Waals surface area contributed by atoms with Crippen molar-refractivity contribution in [1.82, 2.24) is 9.80 Å². The molecule has 15 heavy (non-hydrogen) atoms. The molecule has 1 fully saturated rings. The van der Waals surface area contributed by atoms with E-state index in [1.165, 1.54) is 0 Å². The summed E-state index contributed by atoms with van der Waals surface area (Å²) in [6.07, 6.45) is 0. The van der Waals surface area contributed by atoms with E-state index in [1.807, 2.05) is 0 Å². The highest BCUT2D eigenvalue weighted by Crippen LogP contribution is 2.15. The third-order valence-electron chi connectivity index (χ3n) is 2.09. The van der Waals surface area contributed by atoms with E-state index < -0.39 is 11.4 Å². The summed E-state index contributed by atoms with van der Waals surface area (Å²) in [5.74, 6) is 0. The minimum atomic E-state index is -1.72. The van der Waals surface area contributed by atoms with Crippen LogP contribution >= 0.6 is 30.1 Å². The second-order valence-electron chi connectivity index (χ2n) is 3.92. The SMILES string of the molecule is CC(C)N1[C]N(C(C)C)CC1.[Cl][Al]([Cl])[Cl]. The third kappa shape index (κ3) is 8.10. The van der Waals surface area contributed by atoms with Gasteiger partial charge in [-0.05, 0) is 27.7 Å². The van der Waals surface area contributed by atoms with Gasteiger partial charge in [0.25, 0.3) is 0 Å². The van der Waals surface area contributed by atoms with Crippen LogP contribution in [0.3, 0.4) is 0 Å². The van der Waals surface area contributed by atoms with Crippen molar-refractivity contribution in [3.8, 4) is 0 Å². The molecule has 0 aliphatic carbocycles. The lowest BCUT2D eigenvalue weighted by molar-refractivity contribution is 0.255. The van der Waals surface area contributed by atoms with Crippen molar-refractivity contribution < 1.29 is 0 Å². The summed E-state index contributed by atoms with van der Waals surface area (Å²) in [5, 5.41) is 0. The van der Waals surface area contributed by atoms with Gasteiger partial charge in [0.05, 0.1) is 0 Å². The first kappa shape index (κ1) is 16.3. The standard InChI is InChI=1S/C9H18N2.Al.3ClH/c1-8(2)10-5-6-11(7-10)9(3)4;;;;/h8-9H,5-6H2,1-4H3;;3*1H/q;+3;;;/p-3. The van der Waals surface area contributed by atoms with Crippen LogP contribution in [-0.2, 0) is 0 Å². The predicted octanol–water partition coefficient (Wildman–Crippen LogP) is 3.10. The van der Waals surface area contributed by atoms with Crippen molar-refractivity contribution >= 4 is 41.5 Å². The van der Waals surface area contributed by atoms with Crippen LogP contribution in [-0.4, -0.2) is 46.4 Å².